The molecule has 0 aliphatic heterocycles. The van der Waals surface area contributed by atoms with E-state index in [0.717, 1.165) is 0 Å². The van der Waals surface area contributed by atoms with Crippen LogP contribution in [0.2, 0.25) is 6.32 Å². The van der Waals surface area contributed by atoms with E-state index >= 15 is 0 Å². The van der Waals surface area contributed by atoms with Gasteiger partial charge in [-0.05, 0) is 25.7 Å². The average Bonchev–Trinajstić information content (AvgIpc) is 2.10. The van der Waals surface area contributed by atoms with E-state index < -0.39 is 0 Å². The topological polar surface area (TPSA) is 0 Å². The second-order valence-electron chi connectivity index (χ2n) is 3.11. The zero-order valence-corrected chi connectivity index (χ0v) is 8.10. The summed E-state index contributed by atoms with van der Waals surface area (Å²) in [7, 11) is 4.94. The van der Waals surface area contributed by atoms with E-state index in [-0.39, 0.29) is 0 Å². The number of hydrogen-bond acceptors (Lipinski definition) is 0. The fourth-order valence-corrected chi connectivity index (χ4v) is 1.11. The molecule has 0 radical (unpaired) electrons. The molecule has 0 atom stereocenters. The summed E-state index contributed by atoms with van der Waals surface area (Å²) >= 11 is 0. The van der Waals surface area contributed by atoms with Crippen LogP contribution in [0.15, 0.2) is 12.2 Å². The Morgan fingerprint density at radius 1 is 1.27 bits per heavy atom. The van der Waals surface area contributed by atoms with Gasteiger partial charge in [-0.2, -0.15) is 0 Å². The summed E-state index contributed by atoms with van der Waals surface area (Å²) in [6.07, 6.45) is 11.3. The Hall–Kier alpha value is -0.0652. The van der Waals surface area contributed by atoms with Gasteiger partial charge in [0, 0.05) is 0 Å². The minimum Gasteiger partial charge on any atom is -0.0885 e. The quantitative estimate of drug-likeness (QED) is 0.402. The van der Waals surface area contributed by atoms with E-state index in [1.165, 1.54) is 46.2 Å². The molecule has 1 aliphatic carbocycles. The summed E-state index contributed by atoms with van der Waals surface area (Å²) in [5.41, 5.74) is 0. The van der Waals surface area contributed by atoms with Gasteiger partial charge in [0.05, 0.1) is 22.0 Å². The van der Waals surface area contributed by atoms with Gasteiger partial charge in [0.25, 0.3) is 0 Å². The average molecular weight is 148 g/mol. The maximum atomic E-state index is 2.27. The molecule has 1 rings (SSSR count). The molecule has 0 spiro atoms. The first-order valence-electron chi connectivity index (χ1n) is 5.06. The number of rotatable bonds is 2. The second kappa shape index (κ2) is 9.93. The molecular formula is C8H19B3. The van der Waals surface area contributed by atoms with Crippen LogP contribution < -0.4 is 0 Å². The van der Waals surface area contributed by atoms with Crippen molar-refractivity contribution in [3.05, 3.63) is 12.2 Å². The largest absolute Gasteiger partial charge is 0.0885 e. The van der Waals surface area contributed by atoms with Gasteiger partial charge in [-0.1, -0.05) is 25.4 Å². The third-order valence-electron chi connectivity index (χ3n) is 1.87. The van der Waals surface area contributed by atoms with Crippen LogP contribution in [-0.4, -0.2) is 22.0 Å². The Kier molecular flexibility index (Phi) is 9.88. The summed E-state index contributed by atoms with van der Waals surface area (Å²) in [4.78, 5) is 0. The molecule has 0 nitrogen and oxygen atoms in total. The molecule has 0 heterocycles. The molecule has 3 heteroatoms. The Bertz CT molecular complexity index is 81.3. The molecule has 0 aromatic heterocycles. The zero-order valence-electron chi connectivity index (χ0n) is 8.10. The lowest BCUT2D eigenvalue weighted by Crippen LogP contribution is -1.98. The summed E-state index contributed by atoms with van der Waals surface area (Å²) in [6, 6.07) is 0. The molecule has 0 aromatic carbocycles. The normalized spacial score (nSPS) is 14.6. The highest BCUT2D eigenvalue weighted by Gasteiger charge is 1.87. The summed E-state index contributed by atoms with van der Waals surface area (Å²) in [5.74, 6) is 0. The first-order valence-corrected chi connectivity index (χ1v) is 5.06. The van der Waals surface area contributed by atoms with Crippen LogP contribution >= 0.6 is 0 Å². The van der Waals surface area contributed by atoms with Crippen LogP contribution in [0.4, 0.5) is 0 Å². The van der Waals surface area contributed by atoms with E-state index in [2.05, 4.69) is 26.8 Å². The molecule has 1 aliphatic rings. The highest BCUT2D eigenvalue weighted by Crippen LogP contribution is 2.07. The summed E-state index contributed by atoms with van der Waals surface area (Å²) in [6.45, 7) is 2.21. The monoisotopic (exact) mass is 148 g/mol. The first kappa shape index (κ1) is 10.9. The fourth-order valence-electron chi connectivity index (χ4n) is 1.11. The molecule has 0 saturated heterocycles. The minimum absolute atomic E-state index is 1.32. The van der Waals surface area contributed by atoms with Crippen molar-refractivity contribution >= 4 is 22.0 Å². The van der Waals surface area contributed by atoms with Crippen LogP contribution in [0.25, 0.3) is 0 Å². The van der Waals surface area contributed by atoms with Crippen molar-refractivity contribution in [2.45, 2.75) is 38.9 Å². The molecular weight excluding hydrogens is 129 g/mol. The van der Waals surface area contributed by atoms with Gasteiger partial charge < -0.3 is 0 Å². The van der Waals surface area contributed by atoms with Crippen LogP contribution in [0, 0.1) is 0 Å². The van der Waals surface area contributed by atoms with Crippen LogP contribution in [0.1, 0.15) is 32.6 Å². The Morgan fingerprint density at radius 3 is 1.91 bits per heavy atom. The highest BCUT2D eigenvalue weighted by molar-refractivity contribution is 7.23. The lowest BCUT2D eigenvalue weighted by molar-refractivity contribution is 0.730. The number of allylic oxidation sites excluding steroid dienone is 2. The van der Waals surface area contributed by atoms with Gasteiger partial charge in [0.2, 0.25) is 0 Å². The maximum absolute atomic E-state index is 2.27. The van der Waals surface area contributed by atoms with E-state index in [4.69, 9.17) is 0 Å². The van der Waals surface area contributed by atoms with Gasteiger partial charge in [-0.15, -0.1) is 0 Å². The maximum Gasteiger partial charge on any atom is 0.0776 e. The Balaban J connectivity index is 0.000000187. The Morgan fingerprint density at radius 2 is 1.82 bits per heavy atom. The Labute approximate surface area is 73.7 Å². The van der Waals surface area contributed by atoms with Gasteiger partial charge in [0.1, 0.15) is 0 Å². The van der Waals surface area contributed by atoms with Crippen molar-refractivity contribution in [3.8, 4) is 0 Å². The summed E-state index contributed by atoms with van der Waals surface area (Å²) in [5, 5.41) is 0. The predicted octanol–water partition coefficient (Wildman–Crippen LogP) is 0.877. The summed E-state index contributed by atoms with van der Waals surface area (Å²) < 4.78 is 0. The van der Waals surface area contributed by atoms with Crippen molar-refractivity contribution in [3.63, 3.8) is 0 Å². The van der Waals surface area contributed by atoms with Gasteiger partial charge in [-0.25, -0.2) is 0 Å². The second-order valence-corrected chi connectivity index (χ2v) is 3.11. The molecule has 0 fully saturated rings. The van der Waals surface area contributed by atoms with Gasteiger partial charge >= 0.3 is 0 Å². The fraction of sp³-hybridized carbons (Fsp3) is 0.750. The molecule has 0 N–H and O–H groups in total. The lowest BCUT2D eigenvalue weighted by Gasteiger charge is -1.97. The third-order valence-corrected chi connectivity index (χ3v) is 1.87. The standard InChI is InChI=1S/C6H10.C2H9B3/c1-2-4-6-5-3-1;1-2-4-5-3/h1-2H,3-6H2;4-5H,2-3H2,1H3. The van der Waals surface area contributed by atoms with Crippen molar-refractivity contribution in [1.29, 1.82) is 0 Å². The predicted molar refractivity (Wildman–Crippen MR) is 60.9 cm³/mol. The van der Waals surface area contributed by atoms with Gasteiger partial charge in [-0.3, -0.25) is 0 Å². The molecule has 0 saturated carbocycles. The number of hydrogen-bond donors (Lipinski definition) is 0. The first-order chi connectivity index (χ1) is 5.41. The van der Waals surface area contributed by atoms with Crippen molar-refractivity contribution in [1.82, 2.24) is 0 Å². The van der Waals surface area contributed by atoms with Crippen LogP contribution in [0.3, 0.4) is 0 Å². The van der Waals surface area contributed by atoms with E-state index in [1.807, 2.05) is 0 Å². The highest BCUT2D eigenvalue weighted by atomic mass is 13.9. The van der Waals surface area contributed by atoms with E-state index in [0.29, 0.717) is 0 Å². The van der Waals surface area contributed by atoms with E-state index in [9.17, 15) is 0 Å². The van der Waals surface area contributed by atoms with Crippen molar-refractivity contribution in [2.75, 3.05) is 0 Å². The molecule has 60 valence electrons. The minimum atomic E-state index is 1.32. The molecule has 0 aromatic rings. The third kappa shape index (κ3) is 9.93. The molecule has 0 bridgehead atoms. The molecule has 0 unspecified atom stereocenters. The SMILES string of the molecule is BBBCC.C1=CCCCC1. The van der Waals surface area contributed by atoms with Gasteiger partial charge in [0.15, 0.2) is 0 Å². The van der Waals surface area contributed by atoms with Crippen molar-refractivity contribution in [2.24, 2.45) is 0 Å². The molecule has 0 amide bonds. The molecule has 11 heavy (non-hydrogen) atoms. The lowest BCUT2D eigenvalue weighted by atomic mass is 9.27. The van der Waals surface area contributed by atoms with E-state index in [1.54, 1.807) is 0 Å². The van der Waals surface area contributed by atoms with Crippen LogP contribution in [-0.2, 0) is 0 Å². The van der Waals surface area contributed by atoms with Crippen molar-refractivity contribution < 1.29 is 0 Å². The smallest absolute Gasteiger partial charge is 0.0776 e. The zero-order chi connectivity index (χ0) is 8.36. The van der Waals surface area contributed by atoms with Crippen LogP contribution in [0.5, 0.6) is 0 Å².